The smallest absolute Gasteiger partial charge is 0.164 e. The summed E-state index contributed by atoms with van der Waals surface area (Å²) in [5.74, 6) is 0.868. The molecule has 0 radical (unpaired) electrons. The normalized spacial score (nSPS) is 15.4. The number of likely N-dealkylation sites (N-methyl/N-ethyl adjacent to an activating group) is 1. The van der Waals surface area contributed by atoms with Gasteiger partial charge in [0.1, 0.15) is 0 Å². The largest absolute Gasteiger partial charge is 0.504 e. The molecule has 74 valence electrons. The molecule has 0 aromatic heterocycles. The van der Waals surface area contributed by atoms with Crippen molar-refractivity contribution in [1.29, 1.82) is 0 Å². The highest BCUT2D eigenvalue weighted by molar-refractivity contribution is 5.77. The van der Waals surface area contributed by atoms with Crippen molar-refractivity contribution in [2.24, 2.45) is 0 Å². The van der Waals surface area contributed by atoms with Crippen molar-refractivity contribution in [1.82, 2.24) is 0 Å². The molecule has 0 aliphatic carbocycles. The third-order valence-electron chi connectivity index (χ3n) is 2.46. The summed E-state index contributed by atoms with van der Waals surface area (Å²) in [4.78, 5) is 2.05. The van der Waals surface area contributed by atoms with Crippen LogP contribution in [0.1, 0.15) is 5.56 Å². The van der Waals surface area contributed by atoms with E-state index in [9.17, 15) is 5.11 Å². The van der Waals surface area contributed by atoms with Gasteiger partial charge in [0.15, 0.2) is 11.5 Å². The highest BCUT2D eigenvalue weighted by atomic mass is 16.5. The van der Waals surface area contributed by atoms with Crippen molar-refractivity contribution in [2.75, 3.05) is 25.6 Å². The molecule has 14 heavy (non-hydrogen) atoms. The number of ether oxygens (including phenoxy) is 1. The summed E-state index contributed by atoms with van der Waals surface area (Å²) in [6, 6.07) is 7.74. The van der Waals surface area contributed by atoms with E-state index in [2.05, 4.69) is 0 Å². The second-order valence-corrected chi connectivity index (χ2v) is 3.35. The Morgan fingerprint density at radius 3 is 2.79 bits per heavy atom. The van der Waals surface area contributed by atoms with E-state index in [0.717, 1.165) is 11.3 Å². The molecule has 0 bridgehead atoms. The highest BCUT2D eigenvalue weighted by Gasteiger charge is 2.21. The lowest BCUT2D eigenvalue weighted by Gasteiger charge is -2.28. The van der Waals surface area contributed by atoms with E-state index in [1.807, 2.05) is 36.2 Å². The standard InChI is InChI=1S/C11H13NO2/c1-12-7-10(14-2)11(13)8-5-3-4-6-9(8)12/h3-6,13H,7H2,1-2H3. The van der Waals surface area contributed by atoms with Gasteiger partial charge in [0.05, 0.1) is 13.7 Å². The van der Waals surface area contributed by atoms with E-state index in [0.29, 0.717) is 12.3 Å². The van der Waals surface area contributed by atoms with Gasteiger partial charge in [0, 0.05) is 18.3 Å². The van der Waals surface area contributed by atoms with Crippen LogP contribution in [0.2, 0.25) is 0 Å². The van der Waals surface area contributed by atoms with Gasteiger partial charge in [-0.3, -0.25) is 0 Å². The van der Waals surface area contributed by atoms with E-state index in [1.54, 1.807) is 7.11 Å². The number of fused-ring (bicyclic) bond motifs is 1. The van der Waals surface area contributed by atoms with E-state index in [4.69, 9.17) is 4.74 Å². The molecule has 0 spiro atoms. The SMILES string of the molecule is COC1=C(O)c2ccccc2N(C)C1. The molecule has 0 unspecified atom stereocenters. The molecule has 1 aliphatic rings. The molecule has 1 aromatic carbocycles. The molecule has 1 heterocycles. The van der Waals surface area contributed by atoms with Crippen molar-refractivity contribution in [3.63, 3.8) is 0 Å². The van der Waals surface area contributed by atoms with Gasteiger partial charge in [-0.2, -0.15) is 0 Å². The number of nitrogens with zero attached hydrogens (tertiary/aromatic N) is 1. The van der Waals surface area contributed by atoms with Crippen LogP contribution < -0.4 is 4.90 Å². The third-order valence-corrected chi connectivity index (χ3v) is 2.46. The van der Waals surface area contributed by atoms with E-state index in [-0.39, 0.29) is 5.76 Å². The maximum Gasteiger partial charge on any atom is 0.164 e. The lowest BCUT2D eigenvalue weighted by Crippen LogP contribution is -2.26. The fraction of sp³-hybridized carbons (Fsp3) is 0.273. The van der Waals surface area contributed by atoms with Crippen LogP contribution in [0, 0.1) is 0 Å². The number of rotatable bonds is 1. The first-order valence-corrected chi connectivity index (χ1v) is 4.50. The first-order valence-electron chi connectivity index (χ1n) is 4.50. The number of aliphatic hydroxyl groups excluding tert-OH is 1. The minimum atomic E-state index is 0.251. The van der Waals surface area contributed by atoms with Gasteiger partial charge >= 0.3 is 0 Å². The number of hydrogen-bond acceptors (Lipinski definition) is 3. The lowest BCUT2D eigenvalue weighted by atomic mass is 10.1. The van der Waals surface area contributed by atoms with Gasteiger partial charge in [0.25, 0.3) is 0 Å². The van der Waals surface area contributed by atoms with Crippen LogP contribution in [0.3, 0.4) is 0 Å². The first-order chi connectivity index (χ1) is 6.74. The van der Waals surface area contributed by atoms with Crippen LogP contribution in [0.4, 0.5) is 5.69 Å². The number of hydrogen-bond donors (Lipinski definition) is 1. The van der Waals surface area contributed by atoms with Crippen molar-refractivity contribution >= 4 is 11.4 Å². The Balaban J connectivity index is 2.57. The van der Waals surface area contributed by atoms with Crippen molar-refractivity contribution in [3.8, 4) is 0 Å². The number of benzene rings is 1. The highest BCUT2D eigenvalue weighted by Crippen LogP contribution is 2.31. The van der Waals surface area contributed by atoms with Crippen LogP contribution in [-0.4, -0.2) is 25.8 Å². The maximum absolute atomic E-state index is 9.87. The van der Waals surface area contributed by atoms with Gasteiger partial charge in [-0.05, 0) is 12.1 Å². The predicted molar refractivity (Wildman–Crippen MR) is 56.3 cm³/mol. The second-order valence-electron chi connectivity index (χ2n) is 3.35. The van der Waals surface area contributed by atoms with Gasteiger partial charge in [-0.25, -0.2) is 0 Å². The molecule has 1 aliphatic heterocycles. The summed E-state index contributed by atoms with van der Waals surface area (Å²) in [5, 5.41) is 9.87. The average molecular weight is 191 g/mol. The summed E-state index contributed by atoms with van der Waals surface area (Å²) >= 11 is 0. The molecule has 2 rings (SSSR count). The fourth-order valence-electron chi connectivity index (χ4n) is 1.69. The van der Waals surface area contributed by atoms with Crippen LogP contribution in [0.5, 0.6) is 0 Å². The van der Waals surface area contributed by atoms with Crippen molar-refractivity contribution in [2.45, 2.75) is 0 Å². The van der Waals surface area contributed by atoms with E-state index < -0.39 is 0 Å². The topological polar surface area (TPSA) is 32.7 Å². The lowest BCUT2D eigenvalue weighted by molar-refractivity contribution is 0.272. The van der Waals surface area contributed by atoms with Crippen LogP contribution in [0.25, 0.3) is 5.76 Å². The Kier molecular flexibility index (Phi) is 2.08. The third kappa shape index (κ3) is 1.21. The van der Waals surface area contributed by atoms with Gasteiger partial charge in [0.2, 0.25) is 0 Å². The molecule has 0 atom stereocenters. The van der Waals surface area contributed by atoms with Gasteiger partial charge in [-0.1, -0.05) is 12.1 Å². The van der Waals surface area contributed by atoms with Gasteiger partial charge < -0.3 is 14.7 Å². The zero-order chi connectivity index (χ0) is 10.1. The number of anilines is 1. The molecule has 3 heteroatoms. The molecular formula is C11H13NO2. The van der Waals surface area contributed by atoms with Crippen LogP contribution >= 0.6 is 0 Å². The first kappa shape index (κ1) is 8.94. The maximum atomic E-state index is 9.87. The summed E-state index contributed by atoms with van der Waals surface area (Å²) in [6.07, 6.45) is 0. The minimum Gasteiger partial charge on any atom is -0.504 e. The number of para-hydroxylation sites is 1. The quantitative estimate of drug-likeness (QED) is 0.737. The minimum absolute atomic E-state index is 0.251. The van der Waals surface area contributed by atoms with Crippen LogP contribution in [0.15, 0.2) is 30.0 Å². The Morgan fingerprint density at radius 2 is 2.07 bits per heavy atom. The Hall–Kier alpha value is -1.64. The Morgan fingerprint density at radius 1 is 1.36 bits per heavy atom. The predicted octanol–water partition coefficient (Wildman–Crippen LogP) is 2.01. The molecule has 0 saturated heterocycles. The zero-order valence-corrected chi connectivity index (χ0v) is 8.32. The van der Waals surface area contributed by atoms with Crippen molar-refractivity contribution in [3.05, 3.63) is 35.6 Å². The molecular weight excluding hydrogens is 178 g/mol. The Labute approximate surface area is 83.2 Å². The fourth-order valence-corrected chi connectivity index (χ4v) is 1.69. The molecule has 3 nitrogen and oxygen atoms in total. The molecule has 1 N–H and O–H groups in total. The molecule has 1 aromatic rings. The molecule has 0 saturated carbocycles. The number of aliphatic hydroxyl groups is 1. The van der Waals surface area contributed by atoms with Crippen molar-refractivity contribution < 1.29 is 9.84 Å². The van der Waals surface area contributed by atoms with E-state index >= 15 is 0 Å². The summed E-state index contributed by atoms with van der Waals surface area (Å²) in [6.45, 7) is 0.610. The monoisotopic (exact) mass is 191 g/mol. The second kappa shape index (κ2) is 3.25. The average Bonchev–Trinajstić information content (AvgIpc) is 2.23. The molecule has 0 amide bonds. The number of methoxy groups -OCH3 is 1. The van der Waals surface area contributed by atoms with E-state index in [1.165, 1.54) is 0 Å². The summed E-state index contributed by atoms with van der Waals surface area (Å²) in [7, 11) is 3.55. The molecule has 0 fully saturated rings. The summed E-state index contributed by atoms with van der Waals surface area (Å²) in [5.41, 5.74) is 1.86. The van der Waals surface area contributed by atoms with Crippen LogP contribution in [-0.2, 0) is 4.74 Å². The summed E-state index contributed by atoms with van der Waals surface area (Å²) < 4.78 is 5.12. The zero-order valence-electron chi connectivity index (χ0n) is 8.32. The Bertz CT molecular complexity index is 385. The van der Waals surface area contributed by atoms with Gasteiger partial charge in [-0.15, -0.1) is 0 Å².